The Morgan fingerprint density at radius 1 is 1.21 bits per heavy atom. The highest BCUT2D eigenvalue weighted by Gasteiger charge is 2.44. The Balaban J connectivity index is 1.43. The predicted octanol–water partition coefficient (Wildman–Crippen LogP) is 1.57. The predicted molar refractivity (Wildman–Crippen MR) is 105 cm³/mol. The molecule has 1 aromatic heterocycles. The van der Waals surface area contributed by atoms with E-state index in [1.54, 1.807) is 25.3 Å². The number of ether oxygens (including phenoxy) is 1. The number of carbonyl (C=O) groups is 2. The van der Waals surface area contributed by atoms with Gasteiger partial charge in [0.05, 0.1) is 12.3 Å². The molecule has 0 aliphatic carbocycles. The zero-order valence-electron chi connectivity index (χ0n) is 16.5. The van der Waals surface area contributed by atoms with Gasteiger partial charge in [0.25, 0.3) is 11.8 Å². The van der Waals surface area contributed by atoms with Crippen LogP contribution in [-0.4, -0.2) is 77.2 Å². The molecule has 29 heavy (non-hydrogen) atoms. The van der Waals surface area contributed by atoms with Crippen molar-refractivity contribution in [1.82, 2.24) is 14.8 Å². The lowest BCUT2D eigenvalue weighted by Crippen LogP contribution is -2.39. The zero-order valence-corrected chi connectivity index (χ0v) is 16.5. The number of aromatic nitrogens is 1. The van der Waals surface area contributed by atoms with E-state index >= 15 is 0 Å². The summed E-state index contributed by atoms with van der Waals surface area (Å²) in [5.41, 5.74) is 0.702. The van der Waals surface area contributed by atoms with Gasteiger partial charge in [-0.2, -0.15) is 4.99 Å². The van der Waals surface area contributed by atoms with Crippen molar-refractivity contribution in [3.8, 4) is 5.88 Å². The lowest BCUT2D eigenvalue weighted by Gasteiger charge is -2.24. The Bertz CT molecular complexity index is 873. The molecule has 2 saturated heterocycles. The first-order chi connectivity index (χ1) is 14.0. The van der Waals surface area contributed by atoms with Gasteiger partial charge in [0, 0.05) is 44.2 Å². The molecule has 8 nitrogen and oxygen atoms in total. The van der Waals surface area contributed by atoms with E-state index in [4.69, 9.17) is 4.74 Å². The van der Waals surface area contributed by atoms with Crippen LogP contribution in [0.15, 0.2) is 28.3 Å². The molecule has 4 heterocycles. The van der Waals surface area contributed by atoms with Gasteiger partial charge in [-0.15, -0.1) is 0 Å². The summed E-state index contributed by atoms with van der Waals surface area (Å²) < 4.78 is 19.3. The van der Waals surface area contributed by atoms with Crippen LogP contribution in [-0.2, 0) is 4.79 Å². The molecule has 2 fully saturated rings. The molecule has 0 radical (unpaired) electrons. The van der Waals surface area contributed by atoms with E-state index in [9.17, 15) is 14.0 Å². The number of fused-ring (bicyclic) bond motifs is 1. The van der Waals surface area contributed by atoms with Crippen molar-refractivity contribution in [3.05, 3.63) is 23.9 Å². The summed E-state index contributed by atoms with van der Waals surface area (Å²) in [4.78, 5) is 40.8. The van der Waals surface area contributed by atoms with Crippen LogP contribution in [0.25, 0.3) is 0 Å². The quantitative estimate of drug-likeness (QED) is 0.764. The minimum atomic E-state index is -1.72. The van der Waals surface area contributed by atoms with Crippen LogP contribution >= 0.6 is 0 Å². The van der Waals surface area contributed by atoms with Gasteiger partial charge in [0.15, 0.2) is 0 Å². The summed E-state index contributed by atoms with van der Waals surface area (Å²) in [6, 6.07) is 3.46. The van der Waals surface area contributed by atoms with E-state index < -0.39 is 12.1 Å². The SMILES string of the molecule is CCOc1ncccc1C(=O)N1CC2CN(C3=NC(=O)C(F)C(CC)=N3)CC2C1. The van der Waals surface area contributed by atoms with Crippen molar-refractivity contribution in [2.45, 2.75) is 26.4 Å². The van der Waals surface area contributed by atoms with Crippen molar-refractivity contribution in [2.24, 2.45) is 21.8 Å². The van der Waals surface area contributed by atoms with E-state index in [-0.39, 0.29) is 23.5 Å². The lowest BCUT2D eigenvalue weighted by molar-refractivity contribution is -0.120. The fraction of sp³-hybridized carbons (Fsp3) is 0.550. The highest BCUT2D eigenvalue weighted by molar-refractivity contribution is 6.17. The summed E-state index contributed by atoms with van der Waals surface area (Å²) in [5, 5.41) is 0. The molecular weight excluding hydrogens is 377 g/mol. The number of rotatable bonds is 4. The first kappa shape index (κ1) is 19.5. The van der Waals surface area contributed by atoms with Crippen molar-refractivity contribution in [3.63, 3.8) is 0 Å². The number of guanidine groups is 1. The van der Waals surface area contributed by atoms with Gasteiger partial charge < -0.3 is 14.5 Å². The Labute approximate surface area is 168 Å². The summed E-state index contributed by atoms with van der Waals surface area (Å²) in [6.07, 6.45) is 0.262. The summed E-state index contributed by atoms with van der Waals surface area (Å²) in [6.45, 7) is 6.58. The summed E-state index contributed by atoms with van der Waals surface area (Å²) >= 11 is 0. The maximum atomic E-state index is 13.9. The normalized spacial score (nSPS) is 26.3. The molecule has 3 aliphatic heterocycles. The van der Waals surface area contributed by atoms with Gasteiger partial charge in [-0.05, 0) is 25.5 Å². The van der Waals surface area contributed by atoms with Crippen LogP contribution < -0.4 is 4.74 Å². The summed E-state index contributed by atoms with van der Waals surface area (Å²) in [7, 11) is 0. The van der Waals surface area contributed by atoms with E-state index in [1.807, 2.05) is 16.7 Å². The Morgan fingerprint density at radius 2 is 1.93 bits per heavy atom. The van der Waals surface area contributed by atoms with Gasteiger partial charge in [0.2, 0.25) is 18.0 Å². The topological polar surface area (TPSA) is 87.5 Å². The van der Waals surface area contributed by atoms with E-state index in [1.165, 1.54) is 0 Å². The van der Waals surface area contributed by atoms with Crippen LogP contribution in [0.3, 0.4) is 0 Å². The average molecular weight is 401 g/mol. The van der Waals surface area contributed by atoms with E-state index in [0.717, 1.165) is 0 Å². The average Bonchev–Trinajstić information content (AvgIpc) is 3.29. The maximum Gasteiger partial charge on any atom is 0.289 e. The highest BCUT2D eigenvalue weighted by Crippen LogP contribution is 2.33. The second kappa shape index (κ2) is 7.88. The molecule has 154 valence electrons. The minimum absolute atomic E-state index is 0.0840. The van der Waals surface area contributed by atoms with E-state index in [0.29, 0.717) is 56.6 Å². The van der Waals surface area contributed by atoms with Crippen LogP contribution in [0.5, 0.6) is 5.88 Å². The Hall–Kier alpha value is -2.84. The van der Waals surface area contributed by atoms with Gasteiger partial charge >= 0.3 is 0 Å². The molecule has 4 rings (SSSR count). The number of nitrogens with zero attached hydrogens (tertiary/aromatic N) is 5. The number of hydrogen-bond acceptors (Lipinski definition) is 6. The maximum absolute atomic E-state index is 13.9. The Morgan fingerprint density at radius 3 is 2.59 bits per heavy atom. The van der Waals surface area contributed by atoms with Crippen LogP contribution in [0.1, 0.15) is 30.6 Å². The first-order valence-electron chi connectivity index (χ1n) is 9.97. The molecule has 0 aromatic carbocycles. The molecule has 0 bridgehead atoms. The highest BCUT2D eigenvalue weighted by atomic mass is 19.1. The molecule has 3 atom stereocenters. The molecule has 0 saturated carbocycles. The molecule has 1 aromatic rings. The van der Waals surface area contributed by atoms with Crippen molar-refractivity contribution < 1.29 is 18.7 Å². The fourth-order valence-electron chi connectivity index (χ4n) is 4.21. The van der Waals surface area contributed by atoms with Gasteiger partial charge in [-0.25, -0.2) is 14.4 Å². The molecule has 3 aliphatic rings. The largest absolute Gasteiger partial charge is 0.477 e. The van der Waals surface area contributed by atoms with Crippen LogP contribution in [0.4, 0.5) is 4.39 Å². The zero-order chi connectivity index (χ0) is 20.5. The molecule has 0 spiro atoms. The fourth-order valence-corrected chi connectivity index (χ4v) is 4.21. The third-order valence-corrected chi connectivity index (χ3v) is 5.66. The van der Waals surface area contributed by atoms with E-state index in [2.05, 4.69) is 15.0 Å². The first-order valence-corrected chi connectivity index (χ1v) is 9.97. The number of hydrogen-bond donors (Lipinski definition) is 0. The number of alkyl halides is 1. The third-order valence-electron chi connectivity index (χ3n) is 5.66. The number of halogens is 1. The smallest absolute Gasteiger partial charge is 0.289 e. The van der Waals surface area contributed by atoms with Crippen molar-refractivity contribution in [1.29, 1.82) is 0 Å². The number of aliphatic imine (C=N–C) groups is 2. The number of likely N-dealkylation sites (tertiary alicyclic amines) is 2. The third kappa shape index (κ3) is 3.61. The second-order valence-corrected chi connectivity index (χ2v) is 7.49. The molecular formula is C20H24FN5O3. The lowest BCUT2D eigenvalue weighted by atomic mass is 10.0. The van der Waals surface area contributed by atoms with Gasteiger partial charge in [0.1, 0.15) is 5.56 Å². The Kier molecular flexibility index (Phi) is 5.29. The standard InChI is InChI=1S/C20H24FN5O3/c1-3-15-16(21)17(27)24-20(23-15)26-10-12-8-25(9-13(12)11-26)19(28)14-6-5-7-22-18(14)29-4-2/h5-7,12-13,16H,3-4,8-11H2,1-2H3. The van der Waals surface area contributed by atoms with Gasteiger partial charge in [-0.1, -0.05) is 6.92 Å². The molecule has 2 amide bonds. The van der Waals surface area contributed by atoms with Gasteiger partial charge in [-0.3, -0.25) is 9.59 Å². The molecule has 3 unspecified atom stereocenters. The minimum Gasteiger partial charge on any atom is -0.477 e. The monoisotopic (exact) mass is 401 g/mol. The number of carbonyl (C=O) groups excluding carboxylic acids is 2. The molecule has 0 N–H and O–H groups in total. The van der Waals surface area contributed by atoms with Crippen LogP contribution in [0.2, 0.25) is 0 Å². The van der Waals surface area contributed by atoms with Crippen molar-refractivity contribution >= 4 is 23.5 Å². The van der Waals surface area contributed by atoms with Crippen LogP contribution in [0, 0.1) is 11.8 Å². The second-order valence-electron chi connectivity index (χ2n) is 7.49. The summed E-state index contributed by atoms with van der Waals surface area (Å²) in [5.74, 6) is 0.314. The number of amides is 2. The van der Waals surface area contributed by atoms with Crippen molar-refractivity contribution in [2.75, 3.05) is 32.8 Å². The number of pyridine rings is 1. The molecule has 9 heteroatoms.